The number of fused-ring (bicyclic) bond motifs is 1. The van der Waals surface area contributed by atoms with Crippen molar-refractivity contribution in [1.29, 1.82) is 0 Å². The van der Waals surface area contributed by atoms with Gasteiger partial charge in [-0.05, 0) is 6.92 Å². The molecule has 110 valence electrons. The Balaban J connectivity index is 2.28. The molecule has 20 heavy (non-hydrogen) atoms. The standard InChI is InChI=1S/C12H16F3N5/c1-3-16-9-8-20-7-5-17-10(20)11(18-9)19(2)6-4-12(13,14)15/h5,7-8,16H,3-4,6H2,1-2H3. The zero-order chi connectivity index (χ0) is 14.8. The highest BCUT2D eigenvalue weighted by Gasteiger charge is 2.27. The van der Waals surface area contributed by atoms with Crippen LogP contribution in [0.2, 0.25) is 0 Å². The zero-order valence-corrected chi connectivity index (χ0v) is 11.3. The molecule has 8 heteroatoms. The lowest BCUT2D eigenvalue weighted by Gasteiger charge is -2.20. The van der Waals surface area contributed by atoms with E-state index in [9.17, 15) is 13.2 Å². The van der Waals surface area contributed by atoms with Crippen molar-refractivity contribution >= 4 is 17.3 Å². The molecule has 2 aromatic heterocycles. The van der Waals surface area contributed by atoms with Gasteiger partial charge < -0.3 is 14.6 Å². The lowest BCUT2D eigenvalue weighted by atomic mass is 10.4. The predicted molar refractivity (Wildman–Crippen MR) is 71.1 cm³/mol. The molecule has 0 atom stereocenters. The number of nitrogens with one attached hydrogen (secondary N) is 1. The van der Waals surface area contributed by atoms with Crippen LogP contribution in [0.1, 0.15) is 13.3 Å². The molecule has 2 heterocycles. The first-order valence-corrected chi connectivity index (χ1v) is 6.26. The van der Waals surface area contributed by atoms with Gasteiger partial charge in [-0.1, -0.05) is 0 Å². The van der Waals surface area contributed by atoms with Gasteiger partial charge in [0.15, 0.2) is 11.5 Å². The summed E-state index contributed by atoms with van der Waals surface area (Å²) in [4.78, 5) is 9.93. The predicted octanol–water partition coefficient (Wildman–Crippen LogP) is 2.55. The Kier molecular flexibility index (Phi) is 4.01. The van der Waals surface area contributed by atoms with Crippen LogP contribution in [0.25, 0.3) is 5.65 Å². The second kappa shape index (κ2) is 5.56. The van der Waals surface area contributed by atoms with Crippen LogP contribution in [0.4, 0.5) is 24.8 Å². The molecule has 2 rings (SSSR count). The summed E-state index contributed by atoms with van der Waals surface area (Å²) < 4.78 is 38.7. The highest BCUT2D eigenvalue weighted by atomic mass is 19.4. The van der Waals surface area contributed by atoms with Gasteiger partial charge >= 0.3 is 6.18 Å². The molecule has 5 nitrogen and oxygen atoms in total. The highest BCUT2D eigenvalue weighted by Crippen LogP contribution is 2.23. The molecule has 0 saturated heterocycles. The zero-order valence-electron chi connectivity index (χ0n) is 11.3. The molecule has 0 radical (unpaired) electrons. The topological polar surface area (TPSA) is 45.5 Å². The molecule has 0 aliphatic heterocycles. The van der Waals surface area contributed by atoms with Crippen molar-refractivity contribution in [3.05, 3.63) is 18.6 Å². The Bertz CT molecular complexity index is 578. The quantitative estimate of drug-likeness (QED) is 0.918. The molecule has 2 aromatic rings. The summed E-state index contributed by atoms with van der Waals surface area (Å²) in [5, 5.41) is 3.05. The van der Waals surface area contributed by atoms with Crippen molar-refractivity contribution in [2.45, 2.75) is 19.5 Å². The maximum atomic E-state index is 12.3. The first-order valence-electron chi connectivity index (χ1n) is 6.26. The van der Waals surface area contributed by atoms with E-state index in [1.165, 1.54) is 4.90 Å². The fourth-order valence-electron chi connectivity index (χ4n) is 1.84. The number of alkyl halides is 3. The van der Waals surface area contributed by atoms with Crippen molar-refractivity contribution in [1.82, 2.24) is 14.4 Å². The molecule has 1 N–H and O–H groups in total. The summed E-state index contributed by atoms with van der Waals surface area (Å²) in [5.74, 6) is 1.03. The van der Waals surface area contributed by atoms with Crippen LogP contribution in [0, 0.1) is 0 Å². The second-order valence-electron chi connectivity index (χ2n) is 4.42. The van der Waals surface area contributed by atoms with E-state index < -0.39 is 12.6 Å². The highest BCUT2D eigenvalue weighted by molar-refractivity contribution is 5.66. The van der Waals surface area contributed by atoms with Crippen LogP contribution in [-0.4, -0.2) is 40.7 Å². The van der Waals surface area contributed by atoms with Crippen LogP contribution < -0.4 is 10.2 Å². The maximum absolute atomic E-state index is 12.3. The summed E-state index contributed by atoms with van der Waals surface area (Å²) in [7, 11) is 1.58. The van der Waals surface area contributed by atoms with Gasteiger partial charge in [-0.15, -0.1) is 0 Å². The van der Waals surface area contributed by atoms with E-state index in [0.717, 1.165) is 0 Å². The Morgan fingerprint density at radius 1 is 1.40 bits per heavy atom. The third kappa shape index (κ3) is 3.31. The Morgan fingerprint density at radius 2 is 2.15 bits per heavy atom. The van der Waals surface area contributed by atoms with E-state index in [0.29, 0.717) is 23.8 Å². The summed E-state index contributed by atoms with van der Waals surface area (Å²) in [6.07, 6.45) is 0.0163. The fraction of sp³-hybridized carbons (Fsp3) is 0.500. The average Bonchev–Trinajstić information content (AvgIpc) is 2.82. The van der Waals surface area contributed by atoms with Gasteiger partial charge in [0.25, 0.3) is 0 Å². The molecule has 0 unspecified atom stereocenters. The molecule has 0 bridgehead atoms. The van der Waals surface area contributed by atoms with E-state index in [1.54, 1.807) is 30.0 Å². The van der Waals surface area contributed by atoms with E-state index in [-0.39, 0.29) is 6.54 Å². The number of anilines is 2. The maximum Gasteiger partial charge on any atom is 0.390 e. The van der Waals surface area contributed by atoms with Crippen LogP contribution in [0.15, 0.2) is 18.6 Å². The van der Waals surface area contributed by atoms with Crippen LogP contribution in [-0.2, 0) is 0 Å². The van der Waals surface area contributed by atoms with Gasteiger partial charge in [0.2, 0.25) is 0 Å². The second-order valence-corrected chi connectivity index (χ2v) is 4.42. The molecule has 0 aromatic carbocycles. The lowest BCUT2D eigenvalue weighted by molar-refractivity contribution is -0.132. The van der Waals surface area contributed by atoms with Gasteiger partial charge in [0.1, 0.15) is 5.82 Å². The molecule has 0 fully saturated rings. The van der Waals surface area contributed by atoms with E-state index in [4.69, 9.17) is 0 Å². The van der Waals surface area contributed by atoms with Crippen molar-refractivity contribution in [3.63, 3.8) is 0 Å². The van der Waals surface area contributed by atoms with Gasteiger partial charge in [-0.3, -0.25) is 0 Å². The minimum absolute atomic E-state index is 0.158. The molecular formula is C12H16F3N5. The first-order chi connectivity index (χ1) is 9.40. The Labute approximate surface area is 114 Å². The summed E-state index contributed by atoms with van der Waals surface area (Å²) in [5.41, 5.74) is 0.538. The van der Waals surface area contributed by atoms with Gasteiger partial charge in [-0.2, -0.15) is 13.2 Å². The minimum atomic E-state index is -4.18. The van der Waals surface area contributed by atoms with Crippen LogP contribution >= 0.6 is 0 Å². The smallest absolute Gasteiger partial charge is 0.369 e. The van der Waals surface area contributed by atoms with Gasteiger partial charge in [0, 0.05) is 32.5 Å². The van der Waals surface area contributed by atoms with Crippen molar-refractivity contribution in [2.75, 3.05) is 30.4 Å². The minimum Gasteiger partial charge on any atom is -0.369 e. The molecule has 0 aliphatic rings. The number of aromatic nitrogens is 3. The summed E-state index contributed by atoms with van der Waals surface area (Å²) >= 11 is 0. The monoisotopic (exact) mass is 287 g/mol. The lowest BCUT2D eigenvalue weighted by Crippen LogP contribution is -2.25. The molecule has 0 spiro atoms. The van der Waals surface area contributed by atoms with E-state index in [1.807, 2.05) is 6.92 Å². The summed E-state index contributed by atoms with van der Waals surface area (Å²) in [6, 6.07) is 0. The first kappa shape index (κ1) is 14.4. The molecular weight excluding hydrogens is 271 g/mol. The average molecular weight is 287 g/mol. The molecule has 0 amide bonds. The molecule has 0 aliphatic carbocycles. The SMILES string of the molecule is CCNc1cn2ccnc2c(N(C)CCC(F)(F)F)n1. The molecule has 0 saturated carbocycles. The fourth-order valence-corrected chi connectivity index (χ4v) is 1.84. The van der Waals surface area contributed by atoms with Crippen LogP contribution in [0.3, 0.4) is 0 Å². The normalized spacial score (nSPS) is 11.8. The van der Waals surface area contributed by atoms with Crippen molar-refractivity contribution < 1.29 is 13.2 Å². The Morgan fingerprint density at radius 3 is 2.80 bits per heavy atom. The third-order valence-corrected chi connectivity index (χ3v) is 2.81. The van der Waals surface area contributed by atoms with Gasteiger partial charge in [0.05, 0.1) is 12.6 Å². The van der Waals surface area contributed by atoms with E-state index >= 15 is 0 Å². The summed E-state index contributed by atoms with van der Waals surface area (Å²) in [6.45, 7) is 2.44. The van der Waals surface area contributed by atoms with E-state index in [2.05, 4.69) is 15.3 Å². The largest absolute Gasteiger partial charge is 0.390 e. The van der Waals surface area contributed by atoms with Crippen LogP contribution in [0.5, 0.6) is 0 Å². The number of hydrogen-bond donors (Lipinski definition) is 1. The number of rotatable bonds is 5. The number of imidazole rings is 1. The van der Waals surface area contributed by atoms with Gasteiger partial charge in [-0.25, -0.2) is 9.97 Å². The Hall–Kier alpha value is -1.99. The number of hydrogen-bond acceptors (Lipinski definition) is 4. The number of halogens is 3. The third-order valence-electron chi connectivity index (χ3n) is 2.81. The number of nitrogens with zero attached hydrogens (tertiary/aromatic N) is 4. The van der Waals surface area contributed by atoms with Crippen molar-refractivity contribution in [2.24, 2.45) is 0 Å². The van der Waals surface area contributed by atoms with Crippen molar-refractivity contribution in [3.8, 4) is 0 Å².